The number of hydrogen-bond acceptors (Lipinski definition) is 5. The molecule has 0 amide bonds. The van der Waals surface area contributed by atoms with Crippen LogP contribution in [0.4, 0.5) is 0 Å². The van der Waals surface area contributed by atoms with Gasteiger partial charge in [0.15, 0.2) is 5.65 Å². The highest BCUT2D eigenvalue weighted by Gasteiger charge is 2.31. The Morgan fingerprint density at radius 2 is 1.79 bits per heavy atom. The number of fused-ring (bicyclic) bond motifs is 2. The predicted octanol–water partition coefficient (Wildman–Crippen LogP) is 5.88. The Morgan fingerprint density at radius 1 is 1.00 bits per heavy atom. The summed E-state index contributed by atoms with van der Waals surface area (Å²) in [5, 5.41) is 29.3. The topological polar surface area (TPSA) is 85.3 Å². The van der Waals surface area contributed by atoms with E-state index in [0.29, 0.717) is 22.7 Å². The van der Waals surface area contributed by atoms with Crippen LogP contribution in [0.15, 0.2) is 48.7 Å². The molecule has 1 aliphatic heterocycles. The predicted molar refractivity (Wildman–Crippen MR) is 152 cm³/mol. The number of aromatic nitrogens is 3. The summed E-state index contributed by atoms with van der Waals surface area (Å²) >= 11 is 6.53. The van der Waals surface area contributed by atoms with Crippen LogP contribution in [0.1, 0.15) is 56.2 Å². The molecular weight excluding hydrogens is 496 g/mol. The molecule has 0 saturated carbocycles. The molecule has 2 aromatic carbocycles. The lowest BCUT2D eigenvalue weighted by Gasteiger charge is -2.31. The zero-order chi connectivity index (χ0) is 26.4. The molecule has 1 saturated heterocycles. The van der Waals surface area contributed by atoms with Crippen LogP contribution in [-0.4, -0.2) is 55.5 Å². The van der Waals surface area contributed by atoms with Crippen LogP contribution >= 0.6 is 11.6 Å². The molecule has 7 heteroatoms. The number of likely N-dealkylation sites (tertiary alicyclic amines) is 1. The summed E-state index contributed by atoms with van der Waals surface area (Å²) in [6.45, 7) is 4.84. The summed E-state index contributed by atoms with van der Waals surface area (Å²) < 4.78 is 0. The van der Waals surface area contributed by atoms with Crippen molar-refractivity contribution in [2.45, 2.75) is 70.1 Å². The van der Waals surface area contributed by atoms with Crippen LogP contribution in [0, 0.1) is 0 Å². The first-order valence-electron chi connectivity index (χ1n) is 13.7. The first-order valence-corrected chi connectivity index (χ1v) is 14.1. The molecule has 1 unspecified atom stereocenters. The monoisotopic (exact) mass is 530 g/mol. The van der Waals surface area contributed by atoms with E-state index in [1.54, 1.807) is 13.8 Å². The molecule has 6 rings (SSSR count). The second-order valence-electron chi connectivity index (χ2n) is 11.4. The van der Waals surface area contributed by atoms with E-state index < -0.39 is 5.60 Å². The van der Waals surface area contributed by atoms with E-state index in [1.165, 1.54) is 17.5 Å². The first-order chi connectivity index (χ1) is 18.3. The SMILES string of the molecule is CC(C)(O)c1ccc(-c2n[nH]c3ncc(-c4ccc5c(c4)CCC(N4CCC[C@@H]4CO)CC5)cc23)cc1Cl. The Morgan fingerprint density at radius 3 is 2.55 bits per heavy atom. The van der Waals surface area contributed by atoms with Crippen molar-refractivity contribution in [3.63, 3.8) is 0 Å². The molecule has 38 heavy (non-hydrogen) atoms. The first kappa shape index (κ1) is 25.5. The van der Waals surface area contributed by atoms with Crippen molar-refractivity contribution in [2.24, 2.45) is 0 Å². The molecule has 6 nitrogen and oxygen atoms in total. The van der Waals surface area contributed by atoms with Gasteiger partial charge in [-0.1, -0.05) is 41.9 Å². The number of aliphatic hydroxyl groups is 2. The minimum absolute atomic E-state index is 0.273. The zero-order valence-corrected chi connectivity index (χ0v) is 22.8. The minimum atomic E-state index is -1.02. The van der Waals surface area contributed by atoms with Gasteiger partial charge >= 0.3 is 0 Å². The number of nitrogens with zero attached hydrogens (tertiary/aromatic N) is 3. The highest BCUT2D eigenvalue weighted by molar-refractivity contribution is 6.31. The van der Waals surface area contributed by atoms with Crippen molar-refractivity contribution in [3.05, 3.63) is 70.4 Å². The number of benzene rings is 2. The van der Waals surface area contributed by atoms with Gasteiger partial charge in [0.1, 0.15) is 5.69 Å². The lowest BCUT2D eigenvalue weighted by molar-refractivity contribution is 0.0787. The Bertz CT molecular complexity index is 1470. The van der Waals surface area contributed by atoms with Crippen molar-refractivity contribution < 1.29 is 10.2 Å². The molecule has 2 atom stereocenters. The van der Waals surface area contributed by atoms with Gasteiger partial charge in [0.2, 0.25) is 0 Å². The van der Waals surface area contributed by atoms with Crippen molar-refractivity contribution in [1.29, 1.82) is 0 Å². The van der Waals surface area contributed by atoms with Gasteiger partial charge in [-0.2, -0.15) is 5.10 Å². The van der Waals surface area contributed by atoms with Gasteiger partial charge in [-0.25, -0.2) is 4.98 Å². The van der Waals surface area contributed by atoms with Gasteiger partial charge in [0.25, 0.3) is 0 Å². The number of hydrogen-bond donors (Lipinski definition) is 3. The molecular formula is C31H35ClN4O2. The molecule has 0 bridgehead atoms. The summed E-state index contributed by atoms with van der Waals surface area (Å²) in [5.74, 6) is 0. The zero-order valence-electron chi connectivity index (χ0n) is 22.0. The Kier molecular flexibility index (Phi) is 6.77. The molecule has 198 valence electrons. The number of halogens is 1. The summed E-state index contributed by atoms with van der Waals surface area (Å²) in [7, 11) is 0. The summed E-state index contributed by atoms with van der Waals surface area (Å²) in [6, 6.07) is 15.5. The van der Waals surface area contributed by atoms with Crippen molar-refractivity contribution in [1.82, 2.24) is 20.1 Å². The van der Waals surface area contributed by atoms with Gasteiger partial charge in [-0.3, -0.25) is 10.00 Å². The Balaban J connectivity index is 1.29. The van der Waals surface area contributed by atoms with Gasteiger partial charge in [-0.15, -0.1) is 0 Å². The normalized spacial score (nSPS) is 20.6. The van der Waals surface area contributed by atoms with E-state index in [-0.39, 0.29) is 6.61 Å². The number of nitrogens with one attached hydrogen (secondary N) is 1. The van der Waals surface area contributed by atoms with Crippen LogP contribution in [0.5, 0.6) is 0 Å². The molecule has 3 heterocycles. The highest BCUT2D eigenvalue weighted by atomic mass is 35.5. The Hall–Kier alpha value is -2.77. The van der Waals surface area contributed by atoms with Crippen molar-refractivity contribution in [3.8, 4) is 22.4 Å². The molecule has 4 aromatic rings. The maximum absolute atomic E-state index is 10.4. The molecule has 1 aliphatic carbocycles. The van der Waals surface area contributed by atoms with Crippen LogP contribution < -0.4 is 0 Å². The summed E-state index contributed by atoms with van der Waals surface area (Å²) in [6.07, 6.45) is 8.65. The number of pyridine rings is 1. The second kappa shape index (κ2) is 10.1. The average Bonchev–Trinajstić information content (AvgIpc) is 3.49. The van der Waals surface area contributed by atoms with Gasteiger partial charge < -0.3 is 10.2 Å². The molecule has 0 radical (unpaired) electrons. The summed E-state index contributed by atoms with van der Waals surface area (Å²) in [5.41, 5.74) is 7.15. The maximum atomic E-state index is 10.4. The number of rotatable bonds is 5. The van der Waals surface area contributed by atoms with Gasteiger partial charge in [0.05, 0.1) is 12.2 Å². The number of aryl methyl sites for hydroxylation is 2. The average molecular weight is 531 g/mol. The third-order valence-corrected chi connectivity index (χ3v) is 8.77. The van der Waals surface area contributed by atoms with E-state index in [1.807, 2.05) is 24.4 Å². The van der Waals surface area contributed by atoms with Crippen LogP contribution in [0.3, 0.4) is 0 Å². The molecule has 0 spiro atoms. The van der Waals surface area contributed by atoms with Crippen molar-refractivity contribution >= 4 is 22.6 Å². The van der Waals surface area contributed by atoms with Crippen LogP contribution in [0.25, 0.3) is 33.4 Å². The molecule has 3 N–H and O–H groups in total. The minimum Gasteiger partial charge on any atom is -0.395 e. The lowest BCUT2D eigenvalue weighted by atomic mass is 9.95. The van der Waals surface area contributed by atoms with E-state index in [2.05, 4.69) is 44.3 Å². The molecule has 2 aliphatic rings. The van der Waals surface area contributed by atoms with E-state index >= 15 is 0 Å². The quantitative estimate of drug-likeness (QED) is 0.281. The van der Waals surface area contributed by atoms with Gasteiger partial charge in [0, 0.05) is 45.4 Å². The smallest absolute Gasteiger partial charge is 0.155 e. The van der Waals surface area contributed by atoms with E-state index in [4.69, 9.17) is 11.6 Å². The number of aromatic amines is 1. The van der Waals surface area contributed by atoms with Crippen LogP contribution in [0.2, 0.25) is 5.02 Å². The van der Waals surface area contributed by atoms with E-state index in [0.717, 1.165) is 72.1 Å². The fourth-order valence-electron chi connectivity index (χ4n) is 6.38. The van der Waals surface area contributed by atoms with Crippen molar-refractivity contribution in [2.75, 3.05) is 13.2 Å². The fourth-order valence-corrected chi connectivity index (χ4v) is 6.79. The third kappa shape index (κ3) is 4.75. The maximum Gasteiger partial charge on any atom is 0.155 e. The number of H-pyrrole nitrogens is 1. The van der Waals surface area contributed by atoms with Gasteiger partial charge in [-0.05, 0) is 87.7 Å². The van der Waals surface area contributed by atoms with Crippen LogP contribution in [-0.2, 0) is 18.4 Å². The second-order valence-corrected chi connectivity index (χ2v) is 11.8. The fraction of sp³-hybridized carbons (Fsp3) is 0.419. The highest BCUT2D eigenvalue weighted by Crippen LogP contribution is 2.36. The summed E-state index contributed by atoms with van der Waals surface area (Å²) in [4.78, 5) is 7.24. The molecule has 1 fully saturated rings. The lowest BCUT2D eigenvalue weighted by Crippen LogP contribution is -2.41. The number of aliphatic hydroxyl groups excluding tert-OH is 1. The largest absolute Gasteiger partial charge is 0.395 e. The van der Waals surface area contributed by atoms with E-state index in [9.17, 15) is 10.2 Å². The third-order valence-electron chi connectivity index (χ3n) is 8.45. The Labute approximate surface area is 228 Å². The molecule has 2 aromatic heterocycles. The standard InChI is InChI=1S/C31H35ClN4O2/c1-31(2,38)27-12-9-22(16-28(27)32)29-26-15-23(17-33-30(26)35-34-29)21-6-5-19-7-10-24(11-8-20(19)14-21)36-13-3-4-25(36)18-37/h5-6,9,12,14-17,24-25,37-38H,3-4,7-8,10-11,13,18H2,1-2H3,(H,33,34,35)/t24?,25-/m1/s1.